The summed E-state index contributed by atoms with van der Waals surface area (Å²) in [6.07, 6.45) is -2.29. The Bertz CT molecular complexity index is 789. The van der Waals surface area contributed by atoms with Gasteiger partial charge in [0, 0.05) is 0 Å². The van der Waals surface area contributed by atoms with Crippen LogP contribution in [-0.2, 0) is 14.3 Å². The molecule has 1 amide bonds. The Morgan fingerprint density at radius 3 is 2.07 bits per heavy atom. The first-order valence-electron chi connectivity index (χ1n) is 8.51. The van der Waals surface area contributed by atoms with Crippen LogP contribution in [0, 0.1) is 0 Å². The number of esters is 1. The topological polar surface area (TPSA) is 114 Å². The monoisotopic (exact) mass is 389 g/mol. The van der Waals surface area contributed by atoms with E-state index in [1.165, 1.54) is 45.4 Å². The maximum Gasteiger partial charge on any atom is 0.331 e. The molecule has 0 radical (unpaired) electrons. The van der Waals surface area contributed by atoms with E-state index in [1.807, 2.05) is 0 Å². The number of carbonyl (C=O) groups excluding carboxylic acids is 2. The van der Waals surface area contributed by atoms with E-state index in [0.29, 0.717) is 17.1 Å². The highest BCUT2D eigenvalue weighted by atomic mass is 16.5. The molecule has 2 aromatic rings. The Kier molecular flexibility index (Phi) is 7.22. The Labute approximate surface area is 162 Å². The number of phenolic OH excluding ortho intramolecular Hbond substituents is 1. The van der Waals surface area contributed by atoms with Crippen LogP contribution in [-0.4, -0.2) is 48.5 Å². The van der Waals surface area contributed by atoms with Gasteiger partial charge in [-0.25, -0.2) is 4.79 Å². The lowest BCUT2D eigenvalue weighted by molar-refractivity contribution is -0.149. The van der Waals surface area contributed by atoms with Crippen LogP contribution in [0.2, 0.25) is 0 Å². The standard InChI is InChI=1S/C20H23NO7/c1-12(28-16-10-6-14(22)7-11-16)19(24)21-17(20(25)27-3)18(23)13-4-8-15(26-2)9-5-13/h4-12,17-18,22-23H,1-3H3,(H,21,24). The molecule has 8 heteroatoms. The third kappa shape index (κ3) is 5.37. The molecule has 0 saturated heterocycles. The summed E-state index contributed by atoms with van der Waals surface area (Å²) in [5.41, 5.74) is 0.406. The molecule has 28 heavy (non-hydrogen) atoms. The molecular formula is C20H23NO7. The average Bonchev–Trinajstić information content (AvgIpc) is 2.72. The maximum absolute atomic E-state index is 12.5. The number of ether oxygens (including phenoxy) is 3. The van der Waals surface area contributed by atoms with Gasteiger partial charge >= 0.3 is 5.97 Å². The molecular weight excluding hydrogens is 366 g/mol. The predicted octanol–water partition coefficient (Wildman–Crippen LogP) is 1.56. The molecule has 3 N–H and O–H groups in total. The summed E-state index contributed by atoms with van der Waals surface area (Å²) in [5, 5.41) is 22.3. The number of rotatable bonds is 8. The van der Waals surface area contributed by atoms with Gasteiger partial charge in [0.1, 0.15) is 23.4 Å². The van der Waals surface area contributed by atoms with E-state index < -0.39 is 30.1 Å². The van der Waals surface area contributed by atoms with E-state index in [-0.39, 0.29) is 5.75 Å². The number of benzene rings is 2. The van der Waals surface area contributed by atoms with Crippen LogP contribution in [0.1, 0.15) is 18.6 Å². The van der Waals surface area contributed by atoms with E-state index in [1.54, 1.807) is 24.3 Å². The van der Waals surface area contributed by atoms with Crippen molar-refractivity contribution in [2.45, 2.75) is 25.2 Å². The second-order valence-corrected chi connectivity index (χ2v) is 5.98. The van der Waals surface area contributed by atoms with Crippen molar-refractivity contribution in [1.82, 2.24) is 5.32 Å². The summed E-state index contributed by atoms with van der Waals surface area (Å²) in [6.45, 7) is 1.50. The van der Waals surface area contributed by atoms with Crippen molar-refractivity contribution in [2.75, 3.05) is 14.2 Å². The van der Waals surface area contributed by atoms with Crippen molar-refractivity contribution in [2.24, 2.45) is 0 Å². The van der Waals surface area contributed by atoms with Crippen LogP contribution in [0.25, 0.3) is 0 Å². The number of hydrogen-bond acceptors (Lipinski definition) is 7. The summed E-state index contributed by atoms with van der Waals surface area (Å²) < 4.78 is 15.3. The molecule has 150 valence electrons. The second kappa shape index (κ2) is 9.61. The van der Waals surface area contributed by atoms with Crippen LogP contribution < -0.4 is 14.8 Å². The number of methoxy groups -OCH3 is 2. The summed E-state index contributed by atoms with van der Waals surface area (Å²) in [6, 6.07) is 11.0. The van der Waals surface area contributed by atoms with Gasteiger partial charge in [0.15, 0.2) is 12.1 Å². The number of carbonyl (C=O) groups is 2. The van der Waals surface area contributed by atoms with Crippen LogP contribution in [0.15, 0.2) is 48.5 Å². The minimum Gasteiger partial charge on any atom is -0.508 e. The number of nitrogens with one attached hydrogen (secondary N) is 1. The van der Waals surface area contributed by atoms with Crippen molar-refractivity contribution < 1.29 is 34.0 Å². The van der Waals surface area contributed by atoms with Gasteiger partial charge in [-0.2, -0.15) is 0 Å². The number of aliphatic hydroxyl groups excluding tert-OH is 1. The SMILES string of the molecule is COC(=O)C(NC(=O)C(C)Oc1ccc(O)cc1)C(O)c1ccc(OC)cc1. The van der Waals surface area contributed by atoms with Gasteiger partial charge in [-0.1, -0.05) is 12.1 Å². The fourth-order valence-electron chi connectivity index (χ4n) is 2.44. The quantitative estimate of drug-likeness (QED) is 0.587. The highest BCUT2D eigenvalue weighted by Gasteiger charge is 2.32. The summed E-state index contributed by atoms with van der Waals surface area (Å²) in [7, 11) is 2.68. The third-order valence-corrected chi connectivity index (χ3v) is 4.04. The summed E-state index contributed by atoms with van der Waals surface area (Å²) >= 11 is 0. The van der Waals surface area contributed by atoms with Crippen LogP contribution in [0.5, 0.6) is 17.2 Å². The molecule has 2 rings (SSSR count). The Morgan fingerprint density at radius 2 is 1.54 bits per heavy atom. The zero-order valence-corrected chi connectivity index (χ0v) is 15.8. The first-order chi connectivity index (χ1) is 13.3. The van der Waals surface area contributed by atoms with Gasteiger partial charge in [0.25, 0.3) is 5.91 Å². The molecule has 0 heterocycles. The van der Waals surface area contributed by atoms with Crippen molar-refractivity contribution in [1.29, 1.82) is 0 Å². The maximum atomic E-state index is 12.5. The molecule has 3 unspecified atom stereocenters. The highest BCUT2D eigenvalue weighted by molar-refractivity contribution is 5.87. The average molecular weight is 389 g/mol. The minimum absolute atomic E-state index is 0.0674. The van der Waals surface area contributed by atoms with E-state index in [2.05, 4.69) is 5.32 Å². The smallest absolute Gasteiger partial charge is 0.331 e. The molecule has 0 aliphatic rings. The Hall–Kier alpha value is -3.26. The number of aliphatic hydroxyl groups is 1. The third-order valence-electron chi connectivity index (χ3n) is 4.04. The number of hydrogen-bond donors (Lipinski definition) is 3. The lowest BCUT2D eigenvalue weighted by atomic mass is 10.0. The zero-order chi connectivity index (χ0) is 20.7. The molecule has 8 nitrogen and oxygen atoms in total. The van der Waals surface area contributed by atoms with Crippen LogP contribution >= 0.6 is 0 Å². The summed E-state index contributed by atoms with van der Waals surface area (Å²) in [5.74, 6) is -0.390. The highest BCUT2D eigenvalue weighted by Crippen LogP contribution is 2.22. The molecule has 3 atom stereocenters. The second-order valence-electron chi connectivity index (χ2n) is 5.98. The number of phenols is 1. The normalized spacial score (nSPS) is 13.7. The zero-order valence-electron chi connectivity index (χ0n) is 15.8. The lowest BCUT2D eigenvalue weighted by Gasteiger charge is -2.24. The van der Waals surface area contributed by atoms with Crippen LogP contribution in [0.4, 0.5) is 0 Å². The molecule has 2 aromatic carbocycles. The first-order valence-corrected chi connectivity index (χ1v) is 8.51. The van der Waals surface area contributed by atoms with Gasteiger partial charge in [-0.15, -0.1) is 0 Å². The fraction of sp³-hybridized carbons (Fsp3) is 0.300. The Morgan fingerprint density at radius 1 is 0.964 bits per heavy atom. The largest absolute Gasteiger partial charge is 0.508 e. The van der Waals surface area contributed by atoms with Crippen molar-refractivity contribution in [3.05, 3.63) is 54.1 Å². The molecule has 0 aliphatic carbocycles. The van der Waals surface area contributed by atoms with Crippen molar-refractivity contribution in [3.63, 3.8) is 0 Å². The van der Waals surface area contributed by atoms with E-state index in [9.17, 15) is 19.8 Å². The summed E-state index contributed by atoms with van der Waals surface area (Å²) in [4.78, 5) is 24.6. The van der Waals surface area contributed by atoms with Gasteiger partial charge in [0.2, 0.25) is 0 Å². The van der Waals surface area contributed by atoms with Gasteiger partial charge in [-0.05, 0) is 48.9 Å². The van der Waals surface area contributed by atoms with Gasteiger partial charge in [0.05, 0.1) is 14.2 Å². The molecule has 0 saturated carbocycles. The van der Waals surface area contributed by atoms with Gasteiger partial charge < -0.3 is 29.7 Å². The molecule has 0 aromatic heterocycles. The van der Waals surface area contributed by atoms with Gasteiger partial charge in [-0.3, -0.25) is 4.79 Å². The number of amides is 1. The molecule has 0 bridgehead atoms. The Balaban J connectivity index is 2.10. The predicted molar refractivity (Wildman–Crippen MR) is 100 cm³/mol. The molecule has 0 fully saturated rings. The number of aromatic hydroxyl groups is 1. The fourth-order valence-corrected chi connectivity index (χ4v) is 2.44. The molecule has 0 spiro atoms. The first kappa shape index (κ1) is 21.0. The van der Waals surface area contributed by atoms with Crippen LogP contribution in [0.3, 0.4) is 0 Å². The van der Waals surface area contributed by atoms with E-state index in [4.69, 9.17) is 14.2 Å². The lowest BCUT2D eigenvalue weighted by Crippen LogP contribution is -2.49. The van der Waals surface area contributed by atoms with E-state index in [0.717, 1.165) is 0 Å². The minimum atomic E-state index is -1.33. The van der Waals surface area contributed by atoms with E-state index >= 15 is 0 Å². The van der Waals surface area contributed by atoms with Crippen molar-refractivity contribution >= 4 is 11.9 Å². The van der Waals surface area contributed by atoms with Crippen molar-refractivity contribution in [3.8, 4) is 17.2 Å². The molecule has 0 aliphatic heterocycles.